The Morgan fingerprint density at radius 1 is 0.969 bits per heavy atom. The maximum atomic E-state index is 10.9. The van der Waals surface area contributed by atoms with Gasteiger partial charge in [-0.15, -0.1) is 10.2 Å². The van der Waals surface area contributed by atoms with Crippen LogP contribution in [0.2, 0.25) is 0 Å². The second kappa shape index (κ2) is 8.72. The van der Waals surface area contributed by atoms with Crippen LogP contribution in [0.3, 0.4) is 0 Å². The van der Waals surface area contributed by atoms with Gasteiger partial charge in [-0.1, -0.05) is 54.2 Å². The van der Waals surface area contributed by atoms with E-state index >= 15 is 0 Å². The Hall–Kier alpha value is -3.85. The van der Waals surface area contributed by atoms with E-state index in [9.17, 15) is 10.1 Å². The van der Waals surface area contributed by atoms with Crippen molar-refractivity contribution in [3.63, 3.8) is 0 Å². The van der Waals surface area contributed by atoms with Crippen LogP contribution in [-0.2, 0) is 5.75 Å². The van der Waals surface area contributed by atoms with Crippen LogP contribution >= 0.6 is 11.8 Å². The second-order valence-corrected chi connectivity index (χ2v) is 8.03. The van der Waals surface area contributed by atoms with Crippen molar-refractivity contribution >= 4 is 17.4 Å². The lowest BCUT2D eigenvalue weighted by molar-refractivity contribution is -0.384. The monoisotopic (exact) mass is 446 g/mol. The molecule has 9 heteroatoms. The van der Waals surface area contributed by atoms with Gasteiger partial charge in [0.2, 0.25) is 0 Å². The molecule has 4 aromatic rings. The predicted molar refractivity (Wildman–Crippen MR) is 119 cm³/mol. The van der Waals surface area contributed by atoms with E-state index in [2.05, 4.69) is 10.2 Å². The van der Waals surface area contributed by atoms with Crippen LogP contribution in [0.15, 0.2) is 84.0 Å². The zero-order valence-corrected chi connectivity index (χ0v) is 17.6. The third kappa shape index (κ3) is 4.02. The molecule has 1 aliphatic rings. The van der Waals surface area contributed by atoms with Gasteiger partial charge < -0.3 is 9.47 Å². The van der Waals surface area contributed by atoms with Gasteiger partial charge in [-0.05, 0) is 29.8 Å². The Morgan fingerprint density at radius 2 is 1.69 bits per heavy atom. The molecule has 1 aliphatic heterocycles. The molecule has 5 rings (SSSR count). The first-order valence-corrected chi connectivity index (χ1v) is 10.9. The lowest BCUT2D eigenvalue weighted by atomic mass is 10.2. The first kappa shape index (κ1) is 20.1. The molecule has 0 N–H and O–H groups in total. The van der Waals surface area contributed by atoms with Crippen molar-refractivity contribution in [2.24, 2.45) is 0 Å². The van der Waals surface area contributed by atoms with Crippen molar-refractivity contribution in [2.45, 2.75) is 17.0 Å². The zero-order valence-electron chi connectivity index (χ0n) is 16.8. The highest BCUT2D eigenvalue weighted by Crippen LogP contribution is 2.37. The number of ether oxygens (including phenoxy) is 2. The van der Waals surface area contributed by atoms with Crippen LogP contribution in [0.4, 0.5) is 5.69 Å². The molecule has 1 unspecified atom stereocenters. The number of aromatic nitrogens is 3. The fraction of sp³-hybridized carbons (Fsp3) is 0.130. The van der Waals surface area contributed by atoms with Crippen LogP contribution in [0.5, 0.6) is 11.5 Å². The van der Waals surface area contributed by atoms with Crippen LogP contribution in [0.1, 0.15) is 17.5 Å². The number of thioether (sulfide) groups is 1. The summed E-state index contributed by atoms with van der Waals surface area (Å²) >= 11 is 1.50. The molecule has 3 aromatic carbocycles. The summed E-state index contributed by atoms with van der Waals surface area (Å²) < 4.78 is 14.0. The largest absolute Gasteiger partial charge is 0.485 e. The van der Waals surface area contributed by atoms with Crippen LogP contribution in [0, 0.1) is 10.1 Å². The number of nitrogens with zero attached hydrogens (tertiary/aromatic N) is 4. The number of benzene rings is 3. The summed E-state index contributed by atoms with van der Waals surface area (Å²) in [6.07, 6.45) is -0.411. The van der Waals surface area contributed by atoms with Gasteiger partial charge in [0.1, 0.15) is 6.61 Å². The Morgan fingerprint density at radius 3 is 2.44 bits per heavy atom. The highest BCUT2D eigenvalue weighted by Gasteiger charge is 2.29. The molecule has 1 aromatic heterocycles. The zero-order chi connectivity index (χ0) is 21.9. The molecule has 32 heavy (non-hydrogen) atoms. The SMILES string of the molecule is O=[N+]([O-])c1ccc(CSc2nnc(C3COc4ccccc4O3)n2-c2ccccc2)cc1. The Kier molecular flexibility index (Phi) is 5.47. The van der Waals surface area contributed by atoms with E-state index in [-0.39, 0.29) is 5.69 Å². The number of non-ortho nitro benzene ring substituents is 1. The minimum Gasteiger partial charge on any atom is -0.485 e. The molecular formula is C23H18N4O4S. The number of hydrogen-bond acceptors (Lipinski definition) is 7. The summed E-state index contributed by atoms with van der Waals surface area (Å²) in [5, 5.41) is 20.4. The topological polar surface area (TPSA) is 92.3 Å². The van der Waals surface area contributed by atoms with Crippen LogP contribution in [0.25, 0.3) is 5.69 Å². The molecule has 1 atom stereocenters. The molecule has 0 fully saturated rings. The number of para-hydroxylation sites is 3. The summed E-state index contributed by atoms with van der Waals surface area (Å²) in [5.74, 6) is 2.62. The quantitative estimate of drug-likeness (QED) is 0.234. The standard InChI is InChI=1S/C23H18N4O4S/c28-27(29)18-12-10-16(11-13-18)15-32-23-25-24-22(26(23)17-6-2-1-3-7-17)21-14-30-19-8-4-5-9-20(19)31-21/h1-13,21H,14-15H2. The maximum absolute atomic E-state index is 10.9. The fourth-order valence-electron chi connectivity index (χ4n) is 3.41. The maximum Gasteiger partial charge on any atom is 0.269 e. The van der Waals surface area contributed by atoms with Gasteiger partial charge in [-0.2, -0.15) is 0 Å². The van der Waals surface area contributed by atoms with Gasteiger partial charge in [0, 0.05) is 23.6 Å². The van der Waals surface area contributed by atoms with E-state index in [0.717, 1.165) is 11.3 Å². The van der Waals surface area contributed by atoms with Gasteiger partial charge in [-0.3, -0.25) is 14.7 Å². The van der Waals surface area contributed by atoms with Gasteiger partial charge in [0.25, 0.3) is 5.69 Å². The van der Waals surface area contributed by atoms with Crippen molar-refractivity contribution in [3.8, 4) is 17.2 Å². The number of nitro groups is 1. The molecule has 0 spiro atoms. The molecule has 0 amide bonds. The van der Waals surface area contributed by atoms with E-state index < -0.39 is 11.0 Å². The Labute approximate surface area is 188 Å². The Bertz CT molecular complexity index is 1240. The Balaban J connectivity index is 1.43. The third-order valence-corrected chi connectivity index (χ3v) is 5.98. The number of fused-ring (bicyclic) bond motifs is 1. The average Bonchev–Trinajstić information content (AvgIpc) is 3.27. The van der Waals surface area contributed by atoms with E-state index in [0.29, 0.717) is 34.8 Å². The first-order valence-electron chi connectivity index (χ1n) is 9.94. The minimum atomic E-state index is -0.411. The van der Waals surface area contributed by atoms with Gasteiger partial charge in [-0.25, -0.2) is 0 Å². The molecule has 160 valence electrons. The molecule has 0 saturated carbocycles. The van der Waals surface area contributed by atoms with Crippen molar-refractivity contribution in [1.82, 2.24) is 14.8 Å². The predicted octanol–water partition coefficient (Wildman–Crippen LogP) is 4.98. The molecular weight excluding hydrogens is 428 g/mol. The van der Waals surface area contributed by atoms with Gasteiger partial charge in [0.05, 0.1) is 4.92 Å². The summed E-state index contributed by atoms with van der Waals surface area (Å²) in [6, 6.07) is 23.9. The van der Waals surface area contributed by atoms with Crippen molar-refractivity contribution in [1.29, 1.82) is 0 Å². The molecule has 2 heterocycles. The lowest BCUT2D eigenvalue weighted by Gasteiger charge is -2.26. The van der Waals surface area contributed by atoms with Gasteiger partial charge in [0.15, 0.2) is 28.6 Å². The normalized spacial score (nSPS) is 14.8. The van der Waals surface area contributed by atoms with E-state index in [1.54, 1.807) is 12.1 Å². The lowest BCUT2D eigenvalue weighted by Crippen LogP contribution is -2.24. The van der Waals surface area contributed by atoms with Crippen LogP contribution < -0.4 is 9.47 Å². The summed E-state index contributed by atoms with van der Waals surface area (Å²) in [5.41, 5.74) is 1.94. The minimum absolute atomic E-state index is 0.0724. The van der Waals surface area contributed by atoms with Crippen molar-refractivity contribution < 1.29 is 14.4 Å². The van der Waals surface area contributed by atoms with Crippen molar-refractivity contribution in [3.05, 3.63) is 100 Å². The highest BCUT2D eigenvalue weighted by molar-refractivity contribution is 7.98. The fourth-order valence-corrected chi connectivity index (χ4v) is 4.33. The van der Waals surface area contributed by atoms with Crippen molar-refractivity contribution in [2.75, 3.05) is 6.61 Å². The average molecular weight is 446 g/mol. The molecule has 0 saturated heterocycles. The highest BCUT2D eigenvalue weighted by atomic mass is 32.2. The second-order valence-electron chi connectivity index (χ2n) is 7.09. The molecule has 0 bridgehead atoms. The number of rotatable bonds is 6. The smallest absolute Gasteiger partial charge is 0.269 e. The number of hydrogen-bond donors (Lipinski definition) is 0. The molecule has 8 nitrogen and oxygen atoms in total. The first-order chi connectivity index (χ1) is 15.7. The molecule has 0 radical (unpaired) electrons. The van der Waals surface area contributed by atoms with Crippen LogP contribution in [-0.4, -0.2) is 26.3 Å². The summed E-state index contributed by atoms with van der Waals surface area (Å²) in [7, 11) is 0. The summed E-state index contributed by atoms with van der Waals surface area (Å²) in [6.45, 7) is 0.328. The number of nitro benzene ring substituents is 1. The molecule has 0 aliphatic carbocycles. The summed E-state index contributed by atoms with van der Waals surface area (Å²) in [4.78, 5) is 10.5. The van der Waals surface area contributed by atoms with E-state index in [4.69, 9.17) is 9.47 Å². The van der Waals surface area contributed by atoms with E-state index in [1.807, 2.05) is 59.2 Å². The van der Waals surface area contributed by atoms with Gasteiger partial charge >= 0.3 is 0 Å². The third-order valence-electron chi connectivity index (χ3n) is 4.98. The van der Waals surface area contributed by atoms with E-state index in [1.165, 1.54) is 23.9 Å².